The van der Waals surface area contributed by atoms with Gasteiger partial charge in [0.15, 0.2) is 11.6 Å². The number of aromatic nitrogens is 2. The monoisotopic (exact) mass is 344 g/mol. The van der Waals surface area contributed by atoms with Gasteiger partial charge in [0, 0.05) is 29.4 Å². The maximum absolute atomic E-state index is 14.1. The number of rotatable bonds is 5. The SMILES string of the molecule is O=C(Cn1cc(F)c2ncc(-c3cccc(C(F)F)c3)cc21)C1CC1. The van der Waals surface area contributed by atoms with Crippen LogP contribution >= 0.6 is 0 Å². The topological polar surface area (TPSA) is 34.9 Å². The molecular weight excluding hydrogens is 329 g/mol. The Labute approximate surface area is 142 Å². The molecule has 0 radical (unpaired) electrons. The van der Waals surface area contributed by atoms with E-state index in [2.05, 4.69) is 4.98 Å². The Balaban J connectivity index is 1.76. The van der Waals surface area contributed by atoms with Crippen molar-refractivity contribution in [2.24, 2.45) is 5.92 Å². The number of hydrogen-bond acceptors (Lipinski definition) is 2. The second-order valence-electron chi connectivity index (χ2n) is 6.36. The highest BCUT2D eigenvalue weighted by Gasteiger charge is 2.29. The summed E-state index contributed by atoms with van der Waals surface area (Å²) < 4.78 is 41.4. The van der Waals surface area contributed by atoms with Crippen LogP contribution in [0.5, 0.6) is 0 Å². The Kier molecular flexibility index (Phi) is 3.82. The van der Waals surface area contributed by atoms with Gasteiger partial charge < -0.3 is 4.57 Å². The van der Waals surface area contributed by atoms with E-state index < -0.39 is 12.2 Å². The van der Waals surface area contributed by atoms with Crippen molar-refractivity contribution in [3.05, 3.63) is 54.1 Å². The number of nitrogens with zero attached hydrogens (tertiary/aromatic N) is 2. The fourth-order valence-electron chi connectivity index (χ4n) is 2.97. The number of pyridine rings is 1. The first-order valence-corrected chi connectivity index (χ1v) is 8.08. The van der Waals surface area contributed by atoms with E-state index in [9.17, 15) is 18.0 Å². The number of carbonyl (C=O) groups excluding carboxylic acids is 1. The molecule has 0 unspecified atom stereocenters. The van der Waals surface area contributed by atoms with E-state index in [1.165, 1.54) is 24.5 Å². The molecular formula is C19H15F3N2O. The zero-order chi connectivity index (χ0) is 17.6. The molecule has 1 aliphatic carbocycles. The zero-order valence-corrected chi connectivity index (χ0v) is 13.3. The van der Waals surface area contributed by atoms with E-state index in [-0.39, 0.29) is 29.3 Å². The highest BCUT2D eigenvalue weighted by Crippen LogP contribution is 2.32. The maximum Gasteiger partial charge on any atom is 0.263 e. The van der Waals surface area contributed by atoms with Crippen LogP contribution in [-0.2, 0) is 11.3 Å². The third-order valence-electron chi connectivity index (χ3n) is 4.50. The Hall–Kier alpha value is -2.63. The molecule has 1 aliphatic rings. The molecule has 2 aromatic heterocycles. The molecule has 25 heavy (non-hydrogen) atoms. The molecule has 0 amide bonds. The molecule has 1 fully saturated rings. The molecule has 3 aromatic rings. The Morgan fingerprint density at radius 1 is 1.24 bits per heavy atom. The van der Waals surface area contributed by atoms with Crippen molar-refractivity contribution in [1.82, 2.24) is 9.55 Å². The van der Waals surface area contributed by atoms with Gasteiger partial charge in [0.25, 0.3) is 6.43 Å². The number of ketones is 1. The lowest BCUT2D eigenvalue weighted by Gasteiger charge is -2.07. The summed E-state index contributed by atoms with van der Waals surface area (Å²) in [5.41, 5.74) is 1.77. The summed E-state index contributed by atoms with van der Waals surface area (Å²) in [6.45, 7) is 0.104. The van der Waals surface area contributed by atoms with E-state index >= 15 is 0 Å². The predicted molar refractivity (Wildman–Crippen MR) is 87.8 cm³/mol. The molecule has 2 heterocycles. The minimum absolute atomic E-state index is 0.0805. The number of Topliss-reactive ketones (excluding diaryl/α,β-unsaturated/α-hetero) is 1. The molecule has 1 saturated carbocycles. The van der Waals surface area contributed by atoms with Gasteiger partial charge in [-0.1, -0.05) is 18.2 Å². The van der Waals surface area contributed by atoms with Crippen LogP contribution < -0.4 is 0 Å². The first kappa shape index (κ1) is 15.9. The van der Waals surface area contributed by atoms with E-state index in [0.717, 1.165) is 12.8 Å². The molecule has 0 atom stereocenters. The normalized spacial score (nSPS) is 14.4. The highest BCUT2D eigenvalue weighted by atomic mass is 19.3. The second-order valence-corrected chi connectivity index (χ2v) is 6.36. The van der Waals surface area contributed by atoms with Gasteiger partial charge in [-0.3, -0.25) is 9.78 Å². The second kappa shape index (κ2) is 6.02. The first-order chi connectivity index (χ1) is 12.0. The number of alkyl halides is 2. The van der Waals surface area contributed by atoms with Crippen molar-refractivity contribution in [2.45, 2.75) is 25.8 Å². The Morgan fingerprint density at radius 2 is 2.04 bits per heavy atom. The molecule has 0 bridgehead atoms. The number of fused-ring (bicyclic) bond motifs is 1. The molecule has 3 nitrogen and oxygen atoms in total. The van der Waals surface area contributed by atoms with Crippen LogP contribution in [0.2, 0.25) is 0 Å². The van der Waals surface area contributed by atoms with Crippen molar-refractivity contribution in [3.63, 3.8) is 0 Å². The standard InChI is InChI=1S/C19H15F3N2O/c20-15-9-24(10-17(25)11-4-5-11)16-7-14(8-23-18(15)16)12-2-1-3-13(6-12)19(21)22/h1-3,6-9,11,19H,4-5,10H2. The smallest absolute Gasteiger partial charge is 0.263 e. The van der Waals surface area contributed by atoms with E-state index in [0.29, 0.717) is 16.6 Å². The lowest BCUT2D eigenvalue weighted by molar-refractivity contribution is -0.120. The zero-order valence-electron chi connectivity index (χ0n) is 13.3. The van der Waals surface area contributed by atoms with Crippen LogP contribution in [0.1, 0.15) is 24.8 Å². The quantitative estimate of drug-likeness (QED) is 0.669. The maximum atomic E-state index is 14.1. The van der Waals surface area contributed by atoms with Crippen molar-refractivity contribution in [2.75, 3.05) is 0 Å². The number of benzene rings is 1. The molecule has 4 rings (SSSR count). The van der Waals surface area contributed by atoms with E-state index in [4.69, 9.17) is 0 Å². The van der Waals surface area contributed by atoms with Crippen LogP contribution in [-0.4, -0.2) is 15.3 Å². The summed E-state index contributed by atoms with van der Waals surface area (Å²) in [4.78, 5) is 16.2. The minimum atomic E-state index is -2.56. The number of carbonyl (C=O) groups is 1. The van der Waals surface area contributed by atoms with Gasteiger partial charge in [0.05, 0.1) is 12.1 Å². The van der Waals surface area contributed by atoms with Gasteiger partial charge in [-0.25, -0.2) is 13.2 Å². The summed E-state index contributed by atoms with van der Waals surface area (Å²) in [5.74, 6) is -0.326. The minimum Gasteiger partial charge on any atom is -0.336 e. The third kappa shape index (κ3) is 3.04. The lowest BCUT2D eigenvalue weighted by Crippen LogP contribution is -2.10. The molecule has 0 N–H and O–H groups in total. The first-order valence-electron chi connectivity index (χ1n) is 8.08. The average molecular weight is 344 g/mol. The largest absolute Gasteiger partial charge is 0.336 e. The van der Waals surface area contributed by atoms with Crippen LogP contribution in [0, 0.1) is 11.7 Å². The van der Waals surface area contributed by atoms with Crippen LogP contribution in [0.4, 0.5) is 13.2 Å². The van der Waals surface area contributed by atoms with Crippen molar-refractivity contribution in [3.8, 4) is 11.1 Å². The van der Waals surface area contributed by atoms with Crippen LogP contribution in [0.25, 0.3) is 22.2 Å². The lowest BCUT2D eigenvalue weighted by atomic mass is 10.0. The fraction of sp³-hybridized carbons (Fsp3) is 0.263. The molecule has 0 aliphatic heterocycles. The molecule has 0 saturated heterocycles. The summed E-state index contributed by atoms with van der Waals surface area (Å²) in [6.07, 6.45) is 1.96. The molecule has 6 heteroatoms. The number of halogens is 3. The summed E-state index contributed by atoms with van der Waals surface area (Å²) in [7, 11) is 0. The Morgan fingerprint density at radius 3 is 2.76 bits per heavy atom. The average Bonchev–Trinajstić information content (AvgIpc) is 3.41. The molecule has 128 valence electrons. The van der Waals surface area contributed by atoms with Crippen LogP contribution in [0.3, 0.4) is 0 Å². The highest BCUT2D eigenvalue weighted by molar-refractivity contribution is 5.87. The van der Waals surface area contributed by atoms with Gasteiger partial charge >= 0.3 is 0 Å². The molecule has 1 aromatic carbocycles. The summed E-state index contributed by atoms with van der Waals surface area (Å²) in [6, 6.07) is 7.70. The predicted octanol–water partition coefficient (Wildman–Crippen LogP) is 4.76. The van der Waals surface area contributed by atoms with Crippen molar-refractivity contribution < 1.29 is 18.0 Å². The third-order valence-corrected chi connectivity index (χ3v) is 4.50. The van der Waals surface area contributed by atoms with Crippen molar-refractivity contribution >= 4 is 16.8 Å². The fourth-order valence-corrected chi connectivity index (χ4v) is 2.97. The van der Waals surface area contributed by atoms with Gasteiger partial charge in [-0.2, -0.15) is 0 Å². The van der Waals surface area contributed by atoms with Gasteiger partial charge in [-0.15, -0.1) is 0 Å². The van der Waals surface area contributed by atoms with Crippen molar-refractivity contribution in [1.29, 1.82) is 0 Å². The number of hydrogen-bond donors (Lipinski definition) is 0. The Bertz CT molecular complexity index is 960. The van der Waals surface area contributed by atoms with E-state index in [1.807, 2.05) is 0 Å². The van der Waals surface area contributed by atoms with Crippen LogP contribution in [0.15, 0.2) is 42.7 Å². The van der Waals surface area contributed by atoms with Gasteiger partial charge in [0.2, 0.25) is 0 Å². The summed E-state index contributed by atoms with van der Waals surface area (Å²) in [5, 5.41) is 0. The molecule has 0 spiro atoms. The van der Waals surface area contributed by atoms with E-state index in [1.54, 1.807) is 22.8 Å². The van der Waals surface area contributed by atoms with Gasteiger partial charge in [-0.05, 0) is 30.5 Å². The van der Waals surface area contributed by atoms with Gasteiger partial charge in [0.1, 0.15) is 5.52 Å². The summed E-state index contributed by atoms with van der Waals surface area (Å²) >= 11 is 0.